The summed E-state index contributed by atoms with van der Waals surface area (Å²) in [5, 5.41) is 3.11. The van der Waals surface area contributed by atoms with Crippen LogP contribution in [0.15, 0.2) is 59.5 Å². The fourth-order valence-corrected chi connectivity index (χ4v) is 4.18. The van der Waals surface area contributed by atoms with E-state index in [1.807, 2.05) is 30.3 Å². The van der Waals surface area contributed by atoms with Crippen LogP contribution < -0.4 is 10.1 Å². The first-order chi connectivity index (χ1) is 13.2. The lowest BCUT2D eigenvalue weighted by atomic mass is 9.95. The Morgan fingerprint density at radius 3 is 2.67 bits per heavy atom. The van der Waals surface area contributed by atoms with Gasteiger partial charge in [-0.3, -0.25) is 9.69 Å². The summed E-state index contributed by atoms with van der Waals surface area (Å²) in [5.41, 5.74) is 1.26. The number of hydrogen-bond acceptors (Lipinski definition) is 4. The predicted octanol–water partition coefficient (Wildman–Crippen LogP) is 3.82. The van der Waals surface area contributed by atoms with Crippen molar-refractivity contribution < 1.29 is 9.53 Å². The number of rotatable bonds is 8. The standard InChI is InChI=1S/C22H28N2O2S/c1-26-20-7-5-6-18(16-20)17-24-13-10-19(11-14-24)22(25)23-12-15-27-21-8-3-2-4-9-21/h2-9,16,19H,10-15,17H2,1H3,(H,23,25). The van der Waals surface area contributed by atoms with Crippen LogP contribution in [0.3, 0.4) is 0 Å². The van der Waals surface area contributed by atoms with Crippen LogP contribution in [0.2, 0.25) is 0 Å². The normalized spacial score (nSPS) is 15.4. The van der Waals surface area contributed by atoms with Gasteiger partial charge in [-0.1, -0.05) is 30.3 Å². The molecule has 1 heterocycles. The van der Waals surface area contributed by atoms with Gasteiger partial charge in [-0.05, 0) is 55.8 Å². The number of amides is 1. The van der Waals surface area contributed by atoms with Crippen molar-refractivity contribution in [1.29, 1.82) is 0 Å². The molecule has 4 nitrogen and oxygen atoms in total. The van der Waals surface area contributed by atoms with Crippen LogP contribution in [0.5, 0.6) is 5.75 Å². The fourth-order valence-electron chi connectivity index (χ4n) is 3.39. The molecule has 2 aromatic rings. The maximum absolute atomic E-state index is 12.4. The van der Waals surface area contributed by atoms with E-state index in [0.717, 1.165) is 50.5 Å². The van der Waals surface area contributed by atoms with E-state index >= 15 is 0 Å². The predicted molar refractivity (Wildman–Crippen MR) is 111 cm³/mol. The zero-order valence-electron chi connectivity index (χ0n) is 15.9. The van der Waals surface area contributed by atoms with Crippen LogP contribution in [-0.2, 0) is 11.3 Å². The molecular formula is C22H28N2O2S. The average molecular weight is 385 g/mol. The van der Waals surface area contributed by atoms with Crippen LogP contribution in [0.4, 0.5) is 0 Å². The van der Waals surface area contributed by atoms with Crippen LogP contribution in [0.1, 0.15) is 18.4 Å². The van der Waals surface area contributed by atoms with E-state index in [-0.39, 0.29) is 11.8 Å². The van der Waals surface area contributed by atoms with Crippen molar-refractivity contribution in [2.24, 2.45) is 5.92 Å². The zero-order chi connectivity index (χ0) is 18.9. The maximum atomic E-state index is 12.4. The molecule has 0 radical (unpaired) electrons. The Labute approximate surface area is 166 Å². The van der Waals surface area contributed by atoms with Crippen molar-refractivity contribution in [1.82, 2.24) is 10.2 Å². The molecular weight excluding hydrogens is 356 g/mol. The third-order valence-corrected chi connectivity index (χ3v) is 5.93. The minimum absolute atomic E-state index is 0.147. The third-order valence-electron chi connectivity index (χ3n) is 4.91. The Hall–Kier alpha value is -1.98. The largest absolute Gasteiger partial charge is 0.497 e. The molecule has 0 saturated carbocycles. The number of methoxy groups -OCH3 is 1. The van der Waals surface area contributed by atoms with Crippen molar-refractivity contribution in [2.75, 3.05) is 32.5 Å². The summed E-state index contributed by atoms with van der Waals surface area (Å²) >= 11 is 1.78. The first-order valence-electron chi connectivity index (χ1n) is 9.55. The van der Waals surface area contributed by atoms with E-state index in [1.54, 1.807) is 18.9 Å². The maximum Gasteiger partial charge on any atom is 0.223 e. The van der Waals surface area contributed by atoms with Gasteiger partial charge in [0.05, 0.1) is 7.11 Å². The molecule has 0 unspecified atom stereocenters. The third kappa shape index (κ3) is 6.29. The summed E-state index contributed by atoms with van der Waals surface area (Å²) in [4.78, 5) is 16.1. The highest BCUT2D eigenvalue weighted by Gasteiger charge is 2.24. The summed E-state index contributed by atoms with van der Waals surface area (Å²) in [6.45, 7) is 3.57. The molecule has 3 rings (SSSR count). The number of carbonyl (C=O) groups is 1. The highest BCUT2D eigenvalue weighted by molar-refractivity contribution is 7.99. The molecule has 1 aliphatic rings. The minimum atomic E-state index is 0.147. The lowest BCUT2D eigenvalue weighted by Gasteiger charge is -2.31. The Kier molecular flexibility index (Phi) is 7.60. The lowest BCUT2D eigenvalue weighted by Crippen LogP contribution is -2.40. The number of hydrogen-bond donors (Lipinski definition) is 1. The van der Waals surface area contributed by atoms with Crippen molar-refractivity contribution >= 4 is 17.7 Å². The summed E-state index contributed by atoms with van der Waals surface area (Å²) in [5.74, 6) is 2.16. The van der Waals surface area contributed by atoms with Crippen LogP contribution in [0.25, 0.3) is 0 Å². The average Bonchev–Trinajstić information content (AvgIpc) is 2.72. The number of nitrogens with zero attached hydrogens (tertiary/aromatic N) is 1. The summed E-state index contributed by atoms with van der Waals surface area (Å²) in [6, 6.07) is 18.5. The van der Waals surface area contributed by atoms with Crippen molar-refractivity contribution in [2.45, 2.75) is 24.3 Å². The highest BCUT2D eigenvalue weighted by atomic mass is 32.2. The SMILES string of the molecule is COc1cccc(CN2CCC(C(=O)NCCSc3ccccc3)CC2)c1. The minimum Gasteiger partial charge on any atom is -0.497 e. The van der Waals surface area contributed by atoms with Gasteiger partial charge in [0.15, 0.2) is 0 Å². The molecule has 0 aliphatic carbocycles. The van der Waals surface area contributed by atoms with Crippen molar-refractivity contribution in [3.8, 4) is 5.75 Å². The van der Waals surface area contributed by atoms with E-state index in [2.05, 4.69) is 34.5 Å². The van der Waals surface area contributed by atoms with E-state index in [4.69, 9.17) is 4.74 Å². The molecule has 0 bridgehead atoms. The topological polar surface area (TPSA) is 41.6 Å². The lowest BCUT2D eigenvalue weighted by molar-refractivity contribution is -0.126. The fraction of sp³-hybridized carbons (Fsp3) is 0.409. The number of piperidine rings is 1. The Balaban J connectivity index is 1.35. The first-order valence-corrected chi connectivity index (χ1v) is 10.5. The van der Waals surface area contributed by atoms with Crippen LogP contribution >= 0.6 is 11.8 Å². The Bertz CT molecular complexity index is 715. The van der Waals surface area contributed by atoms with Crippen molar-refractivity contribution in [3.63, 3.8) is 0 Å². The monoisotopic (exact) mass is 384 g/mol. The van der Waals surface area contributed by atoms with Crippen LogP contribution in [-0.4, -0.2) is 43.3 Å². The van der Waals surface area contributed by atoms with Gasteiger partial charge in [0.2, 0.25) is 5.91 Å². The number of nitrogens with one attached hydrogen (secondary N) is 1. The van der Waals surface area contributed by atoms with Gasteiger partial charge in [-0.25, -0.2) is 0 Å². The second kappa shape index (κ2) is 10.4. The molecule has 144 valence electrons. The molecule has 0 atom stereocenters. The van der Waals surface area contributed by atoms with Crippen molar-refractivity contribution in [3.05, 3.63) is 60.2 Å². The molecule has 1 fully saturated rings. The number of ether oxygens (including phenoxy) is 1. The van der Waals surface area contributed by atoms with E-state index in [1.165, 1.54) is 10.5 Å². The van der Waals surface area contributed by atoms with E-state index in [0.29, 0.717) is 0 Å². The summed E-state index contributed by atoms with van der Waals surface area (Å²) in [7, 11) is 1.70. The quantitative estimate of drug-likeness (QED) is 0.555. The number of carbonyl (C=O) groups excluding carboxylic acids is 1. The molecule has 5 heteroatoms. The highest BCUT2D eigenvalue weighted by Crippen LogP contribution is 2.21. The number of benzene rings is 2. The number of likely N-dealkylation sites (tertiary alicyclic amines) is 1. The second-order valence-electron chi connectivity index (χ2n) is 6.85. The summed E-state index contributed by atoms with van der Waals surface area (Å²) < 4.78 is 5.29. The molecule has 0 aromatic heterocycles. The van der Waals surface area contributed by atoms with Crippen LogP contribution in [0, 0.1) is 5.92 Å². The number of thioether (sulfide) groups is 1. The molecule has 0 spiro atoms. The molecule has 1 amide bonds. The molecule has 1 N–H and O–H groups in total. The van der Waals surface area contributed by atoms with Gasteiger partial charge >= 0.3 is 0 Å². The van der Waals surface area contributed by atoms with Gasteiger partial charge in [-0.2, -0.15) is 0 Å². The molecule has 1 aliphatic heterocycles. The van der Waals surface area contributed by atoms with Gasteiger partial charge in [0.25, 0.3) is 0 Å². The first kappa shape index (κ1) is 19.8. The zero-order valence-corrected chi connectivity index (χ0v) is 16.7. The van der Waals surface area contributed by atoms with Gasteiger partial charge < -0.3 is 10.1 Å². The molecule has 1 saturated heterocycles. The Morgan fingerprint density at radius 2 is 1.93 bits per heavy atom. The van der Waals surface area contributed by atoms with Gasteiger partial charge in [-0.15, -0.1) is 11.8 Å². The second-order valence-corrected chi connectivity index (χ2v) is 8.02. The van der Waals surface area contributed by atoms with Gasteiger partial charge in [0.1, 0.15) is 5.75 Å². The summed E-state index contributed by atoms with van der Waals surface area (Å²) in [6.07, 6.45) is 1.86. The Morgan fingerprint density at radius 1 is 1.15 bits per heavy atom. The van der Waals surface area contributed by atoms with E-state index in [9.17, 15) is 4.79 Å². The molecule has 27 heavy (non-hydrogen) atoms. The van der Waals surface area contributed by atoms with E-state index < -0.39 is 0 Å². The molecule has 2 aromatic carbocycles. The smallest absolute Gasteiger partial charge is 0.223 e. The van der Waals surface area contributed by atoms with Gasteiger partial charge in [0, 0.05) is 29.7 Å².